The van der Waals surface area contributed by atoms with Crippen LogP contribution in [0.4, 0.5) is 9.18 Å². The highest BCUT2D eigenvalue weighted by atomic mass is 19.1. The smallest absolute Gasteiger partial charge is 0.321 e. The molecule has 0 spiro atoms. The number of methoxy groups -OCH3 is 1. The zero-order chi connectivity index (χ0) is 17.5. The summed E-state index contributed by atoms with van der Waals surface area (Å²) in [5.74, 6) is -0.645. The van der Waals surface area contributed by atoms with Crippen molar-refractivity contribution >= 4 is 11.9 Å². The van der Waals surface area contributed by atoms with Gasteiger partial charge >= 0.3 is 6.03 Å². The molecule has 0 aliphatic heterocycles. The Kier molecular flexibility index (Phi) is 6.54. The van der Waals surface area contributed by atoms with Crippen LogP contribution in [0.2, 0.25) is 0 Å². The van der Waals surface area contributed by atoms with Crippen LogP contribution in [-0.2, 0) is 11.3 Å². The summed E-state index contributed by atoms with van der Waals surface area (Å²) in [5.41, 5.74) is 0.721. The Bertz CT molecular complexity index is 588. The molecule has 24 heavy (non-hydrogen) atoms. The van der Waals surface area contributed by atoms with Crippen molar-refractivity contribution in [1.29, 1.82) is 0 Å². The summed E-state index contributed by atoms with van der Waals surface area (Å²) in [5, 5.41) is 5.13. The topological polar surface area (TPSA) is 70.7 Å². The van der Waals surface area contributed by atoms with Gasteiger partial charge in [-0.05, 0) is 37.6 Å². The molecule has 0 saturated heterocycles. The molecule has 0 radical (unpaired) electrons. The molecular formula is C17H24FN3O3. The van der Waals surface area contributed by atoms with E-state index in [9.17, 15) is 14.0 Å². The van der Waals surface area contributed by atoms with E-state index in [0.29, 0.717) is 6.54 Å². The molecule has 0 unspecified atom stereocenters. The molecule has 1 aromatic rings. The molecular weight excluding hydrogens is 313 g/mol. The number of rotatable bonds is 6. The lowest BCUT2D eigenvalue weighted by molar-refractivity contribution is -0.121. The zero-order valence-electron chi connectivity index (χ0n) is 14.1. The lowest BCUT2D eigenvalue weighted by atomic mass is 10.2. The normalized spacial score (nSPS) is 14.7. The van der Waals surface area contributed by atoms with E-state index in [1.54, 1.807) is 24.1 Å². The Morgan fingerprint density at radius 2 is 2.04 bits per heavy atom. The predicted molar refractivity (Wildman–Crippen MR) is 88.2 cm³/mol. The molecule has 2 N–H and O–H groups in total. The van der Waals surface area contributed by atoms with Crippen molar-refractivity contribution in [3.8, 4) is 5.75 Å². The third-order valence-corrected chi connectivity index (χ3v) is 4.03. The van der Waals surface area contributed by atoms with Crippen molar-refractivity contribution in [2.24, 2.45) is 0 Å². The Labute approximate surface area is 141 Å². The third kappa shape index (κ3) is 5.49. The van der Waals surface area contributed by atoms with Crippen LogP contribution < -0.4 is 15.4 Å². The molecule has 3 amide bonds. The van der Waals surface area contributed by atoms with Crippen LogP contribution in [0, 0.1) is 5.82 Å². The lowest BCUT2D eigenvalue weighted by Gasteiger charge is -2.17. The second-order valence-electron chi connectivity index (χ2n) is 6.14. The number of hydrogen-bond donors (Lipinski definition) is 2. The highest BCUT2D eigenvalue weighted by Crippen LogP contribution is 2.18. The molecule has 0 bridgehead atoms. The molecule has 6 nitrogen and oxygen atoms in total. The number of halogens is 1. The van der Waals surface area contributed by atoms with Gasteiger partial charge in [0.25, 0.3) is 0 Å². The van der Waals surface area contributed by atoms with Gasteiger partial charge in [-0.25, -0.2) is 9.18 Å². The summed E-state index contributed by atoms with van der Waals surface area (Å²) in [6.07, 6.45) is 4.15. The molecule has 1 aliphatic rings. The van der Waals surface area contributed by atoms with Gasteiger partial charge in [-0.2, -0.15) is 0 Å². The van der Waals surface area contributed by atoms with Crippen molar-refractivity contribution < 1.29 is 18.7 Å². The Morgan fingerprint density at radius 1 is 1.33 bits per heavy atom. The van der Waals surface area contributed by atoms with Gasteiger partial charge in [-0.1, -0.05) is 18.9 Å². The van der Waals surface area contributed by atoms with Gasteiger partial charge in [0.1, 0.15) is 0 Å². The van der Waals surface area contributed by atoms with Gasteiger partial charge < -0.3 is 10.1 Å². The Balaban J connectivity index is 1.76. The largest absolute Gasteiger partial charge is 0.494 e. The van der Waals surface area contributed by atoms with Gasteiger partial charge in [0.2, 0.25) is 5.91 Å². The molecule has 1 aromatic carbocycles. The SMILES string of the molecule is COc1ccc(CN(C)CC(=O)NC(=O)NC2CCCC2)cc1F. The van der Waals surface area contributed by atoms with Gasteiger partial charge in [0.05, 0.1) is 13.7 Å². The minimum Gasteiger partial charge on any atom is -0.494 e. The van der Waals surface area contributed by atoms with Crippen LogP contribution in [0.15, 0.2) is 18.2 Å². The molecule has 0 heterocycles. The van der Waals surface area contributed by atoms with E-state index >= 15 is 0 Å². The first-order chi connectivity index (χ1) is 11.5. The molecule has 2 rings (SSSR count). The molecule has 0 aromatic heterocycles. The zero-order valence-corrected chi connectivity index (χ0v) is 14.1. The highest BCUT2D eigenvalue weighted by molar-refractivity contribution is 5.95. The van der Waals surface area contributed by atoms with Gasteiger partial charge in [-0.3, -0.25) is 15.0 Å². The predicted octanol–water partition coefficient (Wildman–Crippen LogP) is 2.03. The summed E-state index contributed by atoms with van der Waals surface area (Å²) in [4.78, 5) is 25.3. The van der Waals surface area contributed by atoms with Crippen molar-refractivity contribution in [1.82, 2.24) is 15.5 Å². The van der Waals surface area contributed by atoms with Crippen LogP contribution in [0.3, 0.4) is 0 Å². The molecule has 132 valence electrons. The first-order valence-corrected chi connectivity index (χ1v) is 8.09. The fraction of sp³-hybridized carbons (Fsp3) is 0.529. The number of likely N-dealkylation sites (N-methyl/N-ethyl adjacent to an activating group) is 1. The minimum absolute atomic E-state index is 0.0474. The van der Waals surface area contributed by atoms with Crippen LogP contribution in [0.1, 0.15) is 31.2 Å². The van der Waals surface area contributed by atoms with Crippen LogP contribution in [0.25, 0.3) is 0 Å². The van der Waals surface area contributed by atoms with E-state index < -0.39 is 11.8 Å². The number of benzene rings is 1. The molecule has 1 saturated carbocycles. The number of carbonyl (C=O) groups excluding carboxylic acids is 2. The van der Waals surface area contributed by atoms with Crippen molar-refractivity contribution in [2.45, 2.75) is 38.3 Å². The summed E-state index contributed by atoms with van der Waals surface area (Å²) < 4.78 is 18.5. The fourth-order valence-corrected chi connectivity index (χ4v) is 2.88. The van der Waals surface area contributed by atoms with E-state index in [-0.39, 0.29) is 24.2 Å². The summed E-state index contributed by atoms with van der Waals surface area (Å²) in [6, 6.07) is 4.38. The number of nitrogens with one attached hydrogen (secondary N) is 2. The van der Waals surface area contributed by atoms with E-state index in [1.807, 2.05) is 0 Å². The number of nitrogens with zero attached hydrogens (tertiary/aromatic N) is 1. The maximum Gasteiger partial charge on any atom is 0.321 e. The van der Waals surface area contributed by atoms with Crippen LogP contribution in [-0.4, -0.2) is 43.6 Å². The van der Waals surface area contributed by atoms with Crippen molar-refractivity contribution in [3.63, 3.8) is 0 Å². The third-order valence-electron chi connectivity index (χ3n) is 4.03. The maximum atomic E-state index is 13.7. The Morgan fingerprint density at radius 3 is 2.67 bits per heavy atom. The van der Waals surface area contributed by atoms with Gasteiger partial charge in [-0.15, -0.1) is 0 Å². The summed E-state index contributed by atoms with van der Waals surface area (Å²) in [7, 11) is 3.14. The summed E-state index contributed by atoms with van der Waals surface area (Å²) in [6.45, 7) is 0.435. The average molecular weight is 337 g/mol. The first kappa shape index (κ1) is 18.2. The second kappa shape index (κ2) is 8.63. The molecule has 1 fully saturated rings. The maximum absolute atomic E-state index is 13.7. The lowest BCUT2D eigenvalue weighted by Crippen LogP contribution is -2.46. The van der Waals surface area contributed by atoms with Crippen LogP contribution in [0.5, 0.6) is 5.75 Å². The quantitative estimate of drug-likeness (QED) is 0.833. The standard InChI is InChI=1S/C17H24FN3O3/c1-21(10-12-7-8-15(24-2)14(18)9-12)11-16(22)20-17(23)19-13-5-3-4-6-13/h7-9,13H,3-6,10-11H2,1-2H3,(H2,19,20,22,23). The van der Waals surface area contributed by atoms with Gasteiger partial charge in [0, 0.05) is 12.6 Å². The van der Waals surface area contributed by atoms with E-state index in [0.717, 1.165) is 31.2 Å². The Hall–Kier alpha value is -2.15. The van der Waals surface area contributed by atoms with Crippen molar-refractivity contribution in [3.05, 3.63) is 29.6 Å². The molecule has 7 heteroatoms. The number of imide groups is 1. The molecule has 0 atom stereocenters. The number of ether oxygens (including phenoxy) is 1. The number of amides is 3. The highest BCUT2D eigenvalue weighted by Gasteiger charge is 2.18. The van der Waals surface area contributed by atoms with E-state index in [2.05, 4.69) is 10.6 Å². The number of carbonyl (C=O) groups is 2. The second-order valence-corrected chi connectivity index (χ2v) is 6.14. The van der Waals surface area contributed by atoms with Gasteiger partial charge in [0.15, 0.2) is 11.6 Å². The summed E-state index contributed by atoms with van der Waals surface area (Å²) >= 11 is 0. The average Bonchev–Trinajstić information content (AvgIpc) is 2.99. The van der Waals surface area contributed by atoms with E-state index in [4.69, 9.17) is 4.74 Å². The monoisotopic (exact) mass is 337 g/mol. The first-order valence-electron chi connectivity index (χ1n) is 8.09. The number of urea groups is 1. The number of hydrogen-bond acceptors (Lipinski definition) is 4. The minimum atomic E-state index is -0.448. The van der Waals surface area contributed by atoms with Crippen molar-refractivity contribution in [2.75, 3.05) is 20.7 Å². The molecule has 1 aliphatic carbocycles. The van der Waals surface area contributed by atoms with Crippen LogP contribution >= 0.6 is 0 Å². The van der Waals surface area contributed by atoms with E-state index in [1.165, 1.54) is 13.2 Å². The fourth-order valence-electron chi connectivity index (χ4n) is 2.88.